The van der Waals surface area contributed by atoms with Crippen molar-refractivity contribution in [3.05, 3.63) is 82.5 Å². The number of hydrogen-bond donors (Lipinski definition) is 1. The van der Waals surface area contributed by atoms with Gasteiger partial charge in [-0.25, -0.2) is 0 Å². The van der Waals surface area contributed by atoms with E-state index in [9.17, 15) is 0 Å². The van der Waals surface area contributed by atoms with Crippen LogP contribution in [-0.4, -0.2) is 29.5 Å². The van der Waals surface area contributed by atoms with Crippen molar-refractivity contribution >= 4 is 38.5 Å². The van der Waals surface area contributed by atoms with Gasteiger partial charge in [-0.1, -0.05) is 64.5 Å². The molecule has 0 fully saturated rings. The quantitative estimate of drug-likeness (QED) is 0.600. The van der Waals surface area contributed by atoms with Crippen molar-refractivity contribution in [1.29, 1.82) is 0 Å². The fourth-order valence-corrected chi connectivity index (χ4v) is 3.89. The minimum atomic E-state index is 0.978. The molecule has 2 heterocycles. The van der Waals surface area contributed by atoms with E-state index in [2.05, 4.69) is 92.6 Å². The van der Waals surface area contributed by atoms with Crippen LogP contribution in [0.15, 0.2) is 71.4 Å². The van der Waals surface area contributed by atoms with E-state index in [0.717, 1.165) is 30.5 Å². The maximum atomic E-state index is 3.67. The first kappa shape index (κ1) is 16.4. The first-order chi connectivity index (χ1) is 12.3. The van der Waals surface area contributed by atoms with Crippen LogP contribution in [0.5, 0.6) is 0 Å². The molecule has 1 N–H and O–H groups in total. The molecule has 1 aliphatic heterocycles. The van der Waals surface area contributed by atoms with E-state index in [1.807, 2.05) is 6.20 Å². The maximum Gasteiger partial charge on any atom is 0.0460 e. The van der Waals surface area contributed by atoms with Crippen molar-refractivity contribution in [2.75, 3.05) is 19.6 Å². The van der Waals surface area contributed by atoms with E-state index in [0.29, 0.717) is 0 Å². The molecule has 0 aliphatic carbocycles. The molecule has 0 unspecified atom stereocenters. The third-order valence-electron chi connectivity index (χ3n) is 4.81. The highest BCUT2D eigenvalue weighted by molar-refractivity contribution is 9.10. The predicted octanol–water partition coefficient (Wildman–Crippen LogP) is 5.73. The maximum absolute atomic E-state index is 3.67. The summed E-state index contributed by atoms with van der Waals surface area (Å²) in [5.41, 5.74) is 5.26. The number of aromatic nitrogens is 1. The summed E-state index contributed by atoms with van der Waals surface area (Å²) in [6, 6.07) is 17.1. The van der Waals surface area contributed by atoms with E-state index in [1.165, 1.54) is 27.6 Å². The first-order valence-corrected chi connectivity index (χ1v) is 9.49. The van der Waals surface area contributed by atoms with Gasteiger partial charge in [-0.05, 0) is 41.3 Å². The Morgan fingerprint density at radius 2 is 1.96 bits per heavy atom. The molecule has 0 spiro atoms. The first-order valence-electron chi connectivity index (χ1n) is 8.70. The Labute approximate surface area is 157 Å². The lowest BCUT2D eigenvalue weighted by molar-refractivity contribution is 0.335. The Balaban J connectivity index is 1.42. The van der Waals surface area contributed by atoms with Gasteiger partial charge in [-0.2, -0.15) is 0 Å². The highest BCUT2D eigenvalue weighted by Crippen LogP contribution is 2.27. The average molecular weight is 393 g/mol. The molecular weight excluding hydrogens is 372 g/mol. The molecule has 0 atom stereocenters. The minimum absolute atomic E-state index is 0.978. The summed E-state index contributed by atoms with van der Waals surface area (Å²) in [6.07, 6.45) is 9.99. The van der Waals surface area contributed by atoms with Crippen molar-refractivity contribution in [3.8, 4) is 0 Å². The van der Waals surface area contributed by atoms with E-state index < -0.39 is 0 Å². The summed E-state index contributed by atoms with van der Waals surface area (Å²) in [5.74, 6) is 0. The van der Waals surface area contributed by atoms with E-state index >= 15 is 0 Å². The lowest BCUT2D eigenvalue weighted by Gasteiger charge is -2.25. The topological polar surface area (TPSA) is 19.0 Å². The number of nitrogens with zero attached hydrogens (tertiary/aromatic N) is 1. The highest BCUT2D eigenvalue weighted by Gasteiger charge is 2.11. The zero-order chi connectivity index (χ0) is 17.1. The number of rotatable bonds is 4. The van der Waals surface area contributed by atoms with Crippen molar-refractivity contribution < 1.29 is 0 Å². The molecule has 0 saturated carbocycles. The fourth-order valence-electron chi connectivity index (χ4n) is 3.41. The highest BCUT2D eigenvalue weighted by atomic mass is 79.9. The third-order valence-corrected chi connectivity index (χ3v) is 5.50. The van der Waals surface area contributed by atoms with Crippen molar-refractivity contribution in [2.24, 2.45) is 0 Å². The Morgan fingerprint density at radius 3 is 2.76 bits per heavy atom. The molecule has 0 amide bonds. The zero-order valence-electron chi connectivity index (χ0n) is 14.1. The molecule has 0 saturated heterocycles. The third kappa shape index (κ3) is 3.63. The minimum Gasteiger partial charge on any atom is -0.361 e. The summed E-state index contributed by atoms with van der Waals surface area (Å²) in [7, 11) is 0. The van der Waals surface area contributed by atoms with Gasteiger partial charge in [0.25, 0.3) is 0 Å². The van der Waals surface area contributed by atoms with Gasteiger partial charge >= 0.3 is 0 Å². The van der Waals surface area contributed by atoms with Gasteiger partial charge in [-0.15, -0.1) is 0 Å². The van der Waals surface area contributed by atoms with E-state index in [1.54, 1.807) is 0 Å². The molecule has 1 aliphatic rings. The molecule has 0 radical (unpaired) electrons. The van der Waals surface area contributed by atoms with E-state index in [4.69, 9.17) is 0 Å². The van der Waals surface area contributed by atoms with Crippen LogP contribution >= 0.6 is 15.9 Å². The van der Waals surface area contributed by atoms with Gasteiger partial charge in [0.1, 0.15) is 0 Å². The van der Waals surface area contributed by atoms with Crippen LogP contribution in [0.3, 0.4) is 0 Å². The Morgan fingerprint density at radius 1 is 1.08 bits per heavy atom. The van der Waals surface area contributed by atoms with Gasteiger partial charge in [0, 0.05) is 41.2 Å². The second kappa shape index (κ2) is 7.42. The summed E-state index contributed by atoms with van der Waals surface area (Å²) in [6.45, 7) is 3.11. The largest absolute Gasteiger partial charge is 0.361 e. The monoisotopic (exact) mass is 392 g/mol. The average Bonchev–Trinajstić information content (AvgIpc) is 3.14. The molecule has 25 heavy (non-hydrogen) atoms. The van der Waals surface area contributed by atoms with Crippen molar-refractivity contribution in [2.45, 2.75) is 6.42 Å². The van der Waals surface area contributed by atoms with Crippen LogP contribution in [0.1, 0.15) is 17.5 Å². The number of nitrogens with one attached hydrogen (secondary N) is 1. The van der Waals surface area contributed by atoms with Crippen LogP contribution in [0.4, 0.5) is 0 Å². The number of aromatic amines is 1. The summed E-state index contributed by atoms with van der Waals surface area (Å²) in [4.78, 5) is 5.75. The Bertz CT molecular complexity index is 922. The van der Waals surface area contributed by atoms with Crippen LogP contribution in [0.2, 0.25) is 0 Å². The molecule has 2 aromatic carbocycles. The standard InChI is InChI=1S/C22H21BrN2/c23-21-8-9-22-20(10-13-24-22)19(21)7-4-14-25-15-11-18(12-16-25)17-5-2-1-3-6-17/h1-11,13,24H,12,14-16H2. The molecule has 0 bridgehead atoms. The number of benzene rings is 2. The Kier molecular flexibility index (Phi) is 4.86. The van der Waals surface area contributed by atoms with Crippen LogP contribution in [0.25, 0.3) is 22.6 Å². The molecule has 3 heteroatoms. The van der Waals surface area contributed by atoms with Crippen molar-refractivity contribution in [1.82, 2.24) is 9.88 Å². The summed E-state index contributed by atoms with van der Waals surface area (Å²) >= 11 is 3.67. The van der Waals surface area contributed by atoms with Crippen LogP contribution in [0, 0.1) is 0 Å². The number of fused-ring (bicyclic) bond motifs is 1. The molecule has 3 aromatic rings. The fraction of sp³-hybridized carbons (Fsp3) is 0.182. The van der Waals surface area contributed by atoms with Gasteiger partial charge < -0.3 is 4.98 Å². The second-order valence-corrected chi connectivity index (χ2v) is 7.26. The molecule has 4 rings (SSSR count). The van der Waals surface area contributed by atoms with Gasteiger partial charge in [0.05, 0.1) is 0 Å². The lowest BCUT2D eigenvalue weighted by atomic mass is 9.99. The number of H-pyrrole nitrogens is 1. The molecule has 126 valence electrons. The van der Waals surface area contributed by atoms with Crippen LogP contribution in [-0.2, 0) is 0 Å². The van der Waals surface area contributed by atoms with Crippen LogP contribution < -0.4 is 0 Å². The summed E-state index contributed by atoms with van der Waals surface area (Å²) in [5, 5.41) is 1.26. The second-order valence-electron chi connectivity index (χ2n) is 6.41. The van der Waals surface area contributed by atoms with Gasteiger partial charge in [0.2, 0.25) is 0 Å². The lowest BCUT2D eigenvalue weighted by Crippen LogP contribution is -2.28. The van der Waals surface area contributed by atoms with Crippen molar-refractivity contribution in [3.63, 3.8) is 0 Å². The molecule has 2 nitrogen and oxygen atoms in total. The number of hydrogen-bond acceptors (Lipinski definition) is 1. The predicted molar refractivity (Wildman–Crippen MR) is 111 cm³/mol. The smallest absolute Gasteiger partial charge is 0.0460 e. The Hall–Kier alpha value is -2.10. The number of halogens is 1. The normalized spacial score (nSPS) is 15.8. The molecular formula is C22H21BrN2. The van der Waals surface area contributed by atoms with E-state index in [-0.39, 0.29) is 0 Å². The summed E-state index contributed by atoms with van der Waals surface area (Å²) < 4.78 is 1.14. The zero-order valence-corrected chi connectivity index (χ0v) is 15.7. The SMILES string of the molecule is Brc1ccc2[nH]ccc2c1C=CCN1CC=C(c2ccccc2)CC1. The van der Waals surface area contributed by atoms with Gasteiger partial charge in [-0.3, -0.25) is 4.90 Å². The van der Waals surface area contributed by atoms with Gasteiger partial charge in [0.15, 0.2) is 0 Å². The molecule has 1 aromatic heterocycles.